The first-order valence-electron chi connectivity index (χ1n) is 8.74. The SMILES string of the molecule is CCc1ccc2[nH]c(-c3ccc(OC)cc3)c(CCCCN)c2c1. The van der Waals surface area contributed by atoms with E-state index >= 15 is 0 Å². The zero-order valence-electron chi connectivity index (χ0n) is 14.6. The Bertz CT molecular complexity index is 803. The van der Waals surface area contributed by atoms with Crippen molar-refractivity contribution >= 4 is 10.9 Å². The third kappa shape index (κ3) is 3.31. The Morgan fingerprint density at radius 3 is 2.50 bits per heavy atom. The van der Waals surface area contributed by atoms with Gasteiger partial charge in [-0.1, -0.05) is 13.0 Å². The van der Waals surface area contributed by atoms with Gasteiger partial charge in [0.1, 0.15) is 5.75 Å². The number of H-pyrrole nitrogens is 1. The number of aromatic amines is 1. The summed E-state index contributed by atoms with van der Waals surface area (Å²) < 4.78 is 5.28. The third-order valence-corrected chi connectivity index (χ3v) is 4.64. The molecule has 2 aromatic carbocycles. The maximum absolute atomic E-state index is 5.69. The third-order valence-electron chi connectivity index (χ3n) is 4.64. The van der Waals surface area contributed by atoms with Crippen LogP contribution in [0.3, 0.4) is 0 Å². The van der Waals surface area contributed by atoms with Crippen molar-refractivity contribution in [3.05, 3.63) is 53.6 Å². The van der Waals surface area contributed by atoms with Gasteiger partial charge >= 0.3 is 0 Å². The number of fused-ring (bicyclic) bond motifs is 1. The minimum atomic E-state index is 0.750. The predicted molar refractivity (Wildman–Crippen MR) is 102 cm³/mol. The van der Waals surface area contributed by atoms with E-state index in [-0.39, 0.29) is 0 Å². The first-order chi connectivity index (χ1) is 11.8. The molecule has 0 saturated carbocycles. The molecule has 3 aromatic rings. The zero-order valence-corrected chi connectivity index (χ0v) is 14.6. The molecule has 3 rings (SSSR count). The number of hydrogen-bond donors (Lipinski definition) is 2. The van der Waals surface area contributed by atoms with Crippen molar-refractivity contribution in [3.8, 4) is 17.0 Å². The topological polar surface area (TPSA) is 51.0 Å². The molecule has 0 amide bonds. The fourth-order valence-electron chi connectivity index (χ4n) is 3.22. The molecule has 0 atom stereocenters. The van der Waals surface area contributed by atoms with E-state index in [1.807, 2.05) is 12.1 Å². The summed E-state index contributed by atoms with van der Waals surface area (Å²) in [6, 6.07) is 15.0. The van der Waals surface area contributed by atoms with Gasteiger partial charge in [-0.2, -0.15) is 0 Å². The number of ether oxygens (including phenoxy) is 1. The Hall–Kier alpha value is -2.26. The molecule has 3 heteroatoms. The van der Waals surface area contributed by atoms with E-state index in [9.17, 15) is 0 Å². The number of hydrogen-bond acceptors (Lipinski definition) is 2. The Kier molecular flexibility index (Phi) is 5.21. The van der Waals surface area contributed by atoms with Crippen LogP contribution in [-0.2, 0) is 12.8 Å². The minimum Gasteiger partial charge on any atom is -0.497 e. The maximum atomic E-state index is 5.69. The van der Waals surface area contributed by atoms with E-state index in [2.05, 4.69) is 42.2 Å². The van der Waals surface area contributed by atoms with E-state index in [0.717, 1.165) is 38.0 Å². The normalized spacial score (nSPS) is 11.1. The van der Waals surface area contributed by atoms with Gasteiger partial charge in [-0.25, -0.2) is 0 Å². The van der Waals surface area contributed by atoms with Crippen molar-refractivity contribution in [2.75, 3.05) is 13.7 Å². The van der Waals surface area contributed by atoms with Crippen LogP contribution >= 0.6 is 0 Å². The van der Waals surface area contributed by atoms with Gasteiger partial charge in [0.2, 0.25) is 0 Å². The Morgan fingerprint density at radius 2 is 1.83 bits per heavy atom. The molecule has 0 aliphatic carbocycles. The van der Waals surface area contributed by atoms with Crippen molar-refractivity contribution in [2.24, 2.45) is 5.73 Å². The molecular weight excluding hydrogens is 296 g/mol. The molecule has 0 spiro atoms. The smallest absolute Gasteiger partial charge is 0.118 e. The lowest BCUT2D eigenvalue weighted by atomic mass is 9.99. The number of methoxy groups -OCH3 is 1. The second-order valence-electron chi connectivity index (χ2n) is 6.19. The highest BCUT2D eigenvalue weighted by Gasteiger charge is 2.13. The van der Waals surface area contributed by atoms with Crippen LogP contribution in [0.2, 0.25) is 0 Å². The summed E-state index contributed by atoms with van der Waals surface area (Å²) in [6.07, 6.45) is 4.28. The van der Waals surface area contributed by atoms with Crippen molar-refractivity contribution in [1.82, 2.24) is 4.98 Å². The standard InChI is InChI=1S/C21H26N2O/c1-3-15-7-12-20-19(14-15)18(6-4-5-13-22)21(23-20)16-8-10-17(24-2)11-9-16/h7-12,14,23H,3-6,13,22H2,1-2H3. The summed E-state index contributed by atoms with van der Waals surface area (Å²) in [5, 5.41) is 1.34. The highest BCUT2D eigenvalue weighted by Crippen LogP contribution is 2.33. The molecule has 24 heavy (non-hydrogen) atoms. The fourth-order valence-corrected chi connectivity index (χ4v) is 3.22. The molecule has 0 fully saturated rings. The Balaban J connectivity index is 2.08. The van der Waals surface area contributed by atoms with E-state index in [1.165, 1.54) is 33.3 Å². The summed E-state index contributed by atoms with van der Waals surface area (Å²) in [5.41, 5.74) is 12.1. The maximum Gasteiger partial charge on any atom is 0.118 e. The van der Waals surface area contributed by atoms with Gasteiger partial charge in [0.05, 0.1) is 7.11 Å². The van der Waals surface area contributed by atoms with Gasteiger partial charge in [-0.15, -0.1) is 0 Å². The van der Waals surface area contributed by atoms with E-state index in [0.29, 0.717) is 0 Å². The summed E-state index contributed by atoms with van der Waals surface area (Å²) in [4.78, 5) is 3.62. The van der Waals surface area contributed by atoms with Crippen LogP contribution in [0.5, 0.6) is 5.75 Å². The van der Waals surface area contributed by atoms with Gasteiger partial charge in [0.25, 0.3) is 0 Å². The molecule has 3 N–H and O–H groups in total. The summed E-state index contributed by atoms with van der Waals surface area (Å²) in [7, 11) is 1.70. The molecule has 0 aliphatic rings. The van der Waals surface area contributed by atoms with Gasteiger partial charge < -0.3 is 15.5 Å². The molecule has 0 bridgehead atoms. The molecule has 0 unspecified atom stereocenters. The number of aryl methyl sites for hydroxylation is 2. The first-order valence-corrected chi connectivity index (χ1v) is 8.74. The number of benzene rings is 2. The highest BCUT2D eigenvalue weighted by molar-refractivity contribution is 5.91. The Labute approximate surface area is 143 Å². The second-order valence-corrected chi connectivity index (χ2v) is 6.19. The number of aromatic nitrogens is 1. The number of unbranched alkanes of at least 4 members (excludes halogenated alkanes) is 1. The van der Waals surface area contributed by atoms with E-state index in [4.69, 9.17) is 10.5 Å². The monoisotopic (exact) mass is 322 g/mol. The second kappa shape index (κ2) is 7.54. The van der Waals surface area contributed by atoms with Crippen LogP contribution in [0.25, 0.3) is 22.2 Å². The van der Waals surface area contributed by atoms with Crippen LogP contribution in [0.1, 0.15) is 30.9 Å². The molecular formula is C21H26N2O. The van der Waals surface area contributed by atoms with Crippen LogP contribution in [0.15, 0.2) is 42.5 Å². The number of nitrogens with two attached hydrogens (primary N) is 1. The lowest BCUT2D eigenvalue weighted by Gasteiger charge is -2.07. The van der Waals surface area contributed by atoms with Crippen LogP contribution in [0, 0.1) is 0 Å². The molecule has 3 nitrogen and oxygen atoms in total. The molecule has 126 valence electrons. The van der Waals surface area contributed by atoms with E-state index < -0.39 is 0 Å². The summed E-state index contributed by atoms with van der Waals surface area (Å²) in [6.45, 7) is 2.95. The number of rotatable bonds is 7. The van der Waals surface area contributed by atoms with Crippen molar-refractivity contribution in [1.29, 1.82) is 0 Å². The highest BCUT2D eigenvalue weighted by atomic mass is 16.5. The van der Waals surface area contributed by atoms with Crippen molar-refractivity contribution in [2.45, 2.75) is 32.6 Å². The molecule has 1 aromatic heterocycles. The summed E-state index contributed by atoms with van der Waals surface area (Å²) >= 11 is 0. The number of nitrogens with one attached hydrogen (secondary N) is 1. The van der Waals surface area contributed by atoms with Crippen LogP contribution in [-0.4, -0.2) is 18.6 Å². The summed E-state index contributed by atoms with van der Waals surface area (Å²) in [5.74, 6) is 0.882. The fraction of sp³-hybridized carbons (Fsp3) is 0.333. The minimum absolute atomic E-state index is 0.750. The van der Waals surface area contributed by atoms with Crippen LogP contribution < -0.4 is 10.5 Å². The average molecular weight is 322 g/mol. The predicted octanol–water partition coefficient (Wildman–Crippen LogP) is 4.69. The zero-order chi connectivity index (χ0) is 16.9. The van der Waals surface area contributed by atoms with Crippen LogP contribution in [0.4, 0.5) is 0 Å². The molecule has 0 radical (unpaired) electrons. The van der Waals surface area contributed by atoms with Gasteiger partial charge in [0.15, 0.2) is 0 Å². The van der Waals surface area contributed by atoms with E-state index in [1.54, 1.807) is 7.11 Å². The molecule has 0 saturated heterocycles. The van der Waals surface area contributed by atoms with Gasteiger partial charge in [-0.3, -0.25) is 0 Å². The molecule has 1 heterocycles. The lowest BCUT2D eigenvalue weighted by molar-refractivity contribution is 0.415. The first kappa shape index (κ1) is 16.6. The molecule has 0 aliphatic heterocycles. The van der Waals surface area contributed by atoms with Gasteiger partial charge in [-0.05, 0) is 85.3 Å². The van der Waals surface area contributed by atoms with Gasteiger partial charge in [0, 0.05) is 16.6 Å². The lowest BCUT2D eigenvalue weighted by Crippen LogP contribution is -1.99. The van der Waals surface area contributed by atoms with Crippen molar-refractivity contribution < 1.29 is 4.74 Å². The van der Waals surface area contributed by atoms with Crippen molar-refractivity contribution in [3.63, 3.8) is 0 Å². The largest absolute Gasteiger partial charge is 0.497 e. The Morgan fingerprint density at radius 1 is 1.04 bits per heavy atom. The quantitative estimate of drug-likeness (QED) is 0.620. The average Bonchev–Trinajstić information content (AvgIpc) is 3.00.